The number of benzene rings is 2. The number of ether oxygens (including phenoxy) is 5. The third kappa shape index (κ3) is 7.68. The summed E-state index contributed by atoms with van der Waals surface area (Å²) >= 11 is 0. The maximum absolute atomic E-state index is 12.9. The zero-order valence-electron chi connectivity index (χ0n) is 22.6. The molecule has 4 rings (SSSR count). The summed E-state index contributed by atoms with van der Waals surface area (Å²) < 4.78 is 27.5. The van der Waals surface area contributed by atoms with Crippen LogP contribution in [0.4, 0.5) is 4.79 Å². The number of methoxy groups -OCH3 is 1. The Morgan fingerprint density at radius 1 is 0.829 bits per heavy atom. The largest absolute Gasteiger partial charge is 0.460 e. The lowest BCUT2D eigenvalue weighted by molar-refractivity contribution is -0.154. The van der Waals surface area contributed by atoms with Gasteiger partial charge in [0.15, 0.2) is 0 Å². The number of esters is 2. The zero-order chi connectivity index (χ0) is 29.4. The number of amides is 2. The van der Waals surface area contributed by atoms with Gasteiger partial charge in [-0.25, -0.2) is 4.79 Å². The third-order valence-electron chi connectivity index (χ3n) is 7.09. The van der Waals surface area contributed by atoms with Crippen molar-refractivity contribution in [2.45, 2.75) is 49.6 Å². The quantitative estimate of drug-likeness (QED) is 0.258. The van der Waals surface area contributed by atoms with Crippen molar-refractivity contribution in [1.29, 1.82) is 0 Å². The van der Waals surface area contributed by atoms with E-state index < -0.39 is 72.8 Å². The Kier molecular flexibility index (Phi) is 10.8. The zero-order valence-corrected chi connectivity index (χ0v) is 22.6. The topological polar surface area (TPSA) is 142 Å². The highest BCUT2D eigenvalue weighted by atomic mass is 16.6. The van der Waals surface area contributed by atoms with E-state index in [0.717, 1.165) is 11.1 Å². The number of hydrogen-bond donors (Lipinski definition) is 3. The van der Waals surface area contributed by atoms with Crippen molar-refractivity contribution in [3.05, 3.63) is 71.8 Å². The summed E-state index contributed by atoms with van der Waals surface area (Å²) in [5.74, 6) is -3.24. The van der Waals surface area contributed by atoms with Gasteiger partial charge >= 0.3 is 18.0 Å². The standard InChI is InChI=1S/C28H32B2N2O9/c1-37-23-18(40-25(30)21(23)27(35)39-15-17-10-6-3-7-11-17)12-31-28(36)32-22-19(13-33)41-24(29)20(22)26(34)38-14-16-8-4-2-5-9-16/h2-11,18-25,33H,12-15H2,1H3,(H2,31,32,36)/t18-,19-,20?,21?,22?,23?,24-,25-/m1/s1. The molecule has 8 atom stereocenters. The number of carbonyl (C=O) groups excluding carboxylic acids is 3. The second kappa shape index (κ2) is 14.5. The number of urea groups is 1. The average Bonchev–Trinajstić information content (AvgIpc) is 3.49. The van der Waals surface area contributed by atoms with Crippen LogP contribution in [-0.2, 0) is 46.5 Å². The van der Waals surface area contributed by atoms with Gasteiger partial charge in [0.2, 0.25) is 0 Å². The van der Waals surface area contributed by atoms with Gasteiger partial charge in [-0.2, -0.15) is 0 Å². The van der Waals surface area contributed by atoms with Crippen molar-refractivity contribution in [2.24, 2.45) is 11.8 Å². The highest BCUT2D eigenvalue weighted by Crippen LogP contribution is 2.30. The summed E-state index contributed by atoms with van der Waals surface area (Å²) in [5.41, 5.74) is 1.59. The molecule has 2 saturated heterocycles. The van der Waals surface area contributed by atoms with Crippen molar-refractivity contribution < 1.29 is 43.2 Å². The number of aliphatic hydroxyl groups is 1. The molecule has 214 valence electrons. The van der Waals surface area contributed by atoms with Crippen LogP contribution in [0.3, 0.4) is 0 Å². The molecular weight excluding hydrogens is 530 g/mol. The van der Waals surface area contributed by atoms with E-state index in [0.29, 0.717) is 0 Å². The molecule has 0 bridgehead atoms. The van der Waals surface area contributed by atoms with Gasteiger partial charge < -0.3 is 39.4 Å². The second-order valence-electron chi connectivity index (χ2n) is 9.78. The Morgan fingerprint density at radius 2 is 1.34 bits per heavy atom. The molecule has 2 aromatic rings. The van der Waals surface area contributed by atoms with Crippen molar-refractivity contribution in [3.63, 3.8) is 0 Å². The molecule has 0 aliphatic carbocycles. The number of nitrogens with one attached hydrogen (secondary N) is 2. The summed E-state index contributed by atoms with van der Waals surface area (Å²) in [4.78, 5) is 38.5. The molecule has 0 saturated carbocycles. The minimum Gasteiger partial charge on any atom is -0.460 e. The van der Waals surface area contributed by atoms with Crippen LogP contribution in [0.15, 0.2) is 60.7 Å². The molecule has 3 N–H and O–H groups in total. The minimum atomic E-state index is -1.10. The van der Waals surface area contributed by atoms with Crippen LogP contribution in [0, 0.1) is 11.8 Å². The second-order valence-corrected chi connectivity index (χ2v) is 9.78. The number of hydrogen-bond acceptors (Lipinski definition) is 9. The highest BCUT2D eigenvalue weighted by molar-refractivity contribution is 6.13. The van der Waals surface area contributed by atoms with Gasteiger partial charge in [0, 0.05) is 25.7 Å². The molecule has 2 heterocycles. The Morgan fingerprint density at radius 3 is 1.88 bits per heavy atom. The number of carbonyl (C=O) groups is 3. The van der Waals surface area contributed by atoms with Crippen molar-refractivity contribution in [1.82, 2.24) is 10.6 Å². The third-order valence-corrected chi connectivity index (χ3v) is 7.09. The van der Waals surface area contributed by atoms with Crippen LogP contribution in [-0.4, -0.2) is 95.4 Å². The summed E-state index contributed by atoms with van der Waals surface area (Å²) in [7, 11) is 13.5. The molecule has 0 spiro atoms. The summed E-state index contributed by atoms with van der Waals surface area (Å²) in [6.07, 6.45) is -2.49. The summed E-state index contributed by atoms with van der Waals surface area (Å²) in [6, 6.07) is 14.5. The molecule has 4 unspecified atom stereocenters. The van der Waals surface area contributed by atoms with Crippen LogP contribution >= 0.6 is 0 Å². The van der Waals surface area contributed by atoms with Gasteiger partial charge in [0.25, 0.3) is 0 Å². The fourth-order valence-corrected chi connectivity index (χ4v) is 4.99. The predicted octanol–water partition coefficient (Wildman–Crippen LogP) is 0.168. The maximum Gasteiger partial charge on any atom is 0.315 e. The van der Waals surface area contributed by atoms with E-state index in [1.54, 1.807) is 12.1 Å². The average molecular weight is 562 g/mol. The molecular formula is C28H32B2N2O9. The van der Waals surface area contributed by atoms with Crippen LogP contribution in [0.2, 0.25) is 0 Å². The number of aliphatic hydroxyl groups excluding tert-OH is 1. The van der Waals surface area contributed by atoms with Crippen LogP contribution in [0.5, 0.6) is 0 Å². The van der Waals surface area contributed by atoms with E-state index in [-0.39, 0.29) is 19.8 Å². The highest BCUT2D eigenvalue weighted by Gasteiger charge is 2.49. The van der Waals surface area contributed by atoms with E-state index in [2.05, 4.69) is 10.6 Å². The van der Waals surface area contributed by atoms with Crippen LogP contribution < -0.4 is 10.6 Å². The first-order chi connectivity index (χ1) is 19.8. The van der Waals surface area contributed by atoms with E-state index >= 15 is 0 Å². The Bertz CT molecular complexity index is 1160. The Hall–Kier alpha value is -3.38. The van der Waals surface area contributed by atoms with Gasteiger partial charge in [0.05, 0.1) is 24.7 Å². The monoisotopic (exact) mass is 562 g/mol. The fraction of sp³-hybridized carbons (Fsp3) is 0.464. The smallest absolute Gasteiger partial charge is 0.315 e. The van der Waals surface area contributed by atoms with Gasteiger partial charge in [-0.1, -0.05) is 60.7 Å². The Labute approximate surface area is 241 Å². The molecule has 2 aromatic carbocycles. The van der Waals surface area contributed by atoms with Gasteiger partial charge in [-0.15, -0.1) is 0 Å². The van der Waals surface area contributed by atoms with E-state index in [9.17, 15) is 19.5 Å². The fourth-order valence-electron chi connectivity index (χ4n) is 4.99. The molecule has 2 aliphatic rings. The Balaban J connectivity index is 1.31. The first-order valence-electron chi connectivity index (χ1n) is 13.2. The van der Waals surface area contributed by atoms with Crippen LogP contribution in [0.25, 0.3) is 0 Å². The lowest BCUT2D eigenvalue weighted by atomic mass is 9.83. The van der Waals surface area contributed by atoms with E-state index in [4.69, 9.17) is 39.4 Å². The molecule has 0 aromatic heterocycles. The van der Waals surface area contributed by atoms with Crippen molar-refractivity contribution >= 4 is 33.7 Å². The van der Waals surface area contributed by atoms with Crippen molar-refractivity contribution in [3.8, 4) is 0 Å². The first kappa shape index (κ1) is 30.6. The van der Waals surface area contributed by atoms with Gasteiger partial charge in [0.1, 0.15) is 47.0 Å². The molecule has 2 fully saturated rings. The first-order valence-corrected chi connectivity index (χ1v) is 13.2. The lowest BCUT2D eigenvalue weighted by Gasteiger charge is -2.25. The summed E-state index contributed by atoms with van der Waals surface area (Å²) in [5, 5.41) is 15.1. The summed E-state index contributed by atoms with van der Waals surface area (Å²) in [6.45, 7) is -0.483. The van der Waals surface area contributed by atoms with Gasteiger partial charge in [-0.3, -0.25) is 9.59 Å². The predicted molar refractivity (Wildman–Crippen MR) is 146 cm³/mol. The van der Waals surface area contributed by atoms with Crippen molar-refractivity contribution in [2.75, 3.05) is 20.3 Å². The maximum atomic E-state index is 12.9. The molecule has 41 heavy (non-hydrogen) atoms. The SMILES string of the molecule is [B][C@@H]1O[C@H](CO)C(NC(=O)NC[C@H]2O[C@@H]([B])C(C(=O)OCc3ccccc3)C2OC)C1C(=O)OCc1ccccc1. The van der Waals surface area contributed by atoms with Crippen LogP contribution in [0.1, 0.15) is 11.1 Å². The minimum absolute atomic E-state index is 0.0121. The molecule has 2 amide bonds. The number of rotatable bonds is 11. The van der Waals surface area contributed by atoms with Gasteiger partial charge in [-0.05, 0) is 11.1 Å². The molecule has 13 heteroatoms. The molecule has 11 nitrogen and oxygen atoms in total. The van der Waals surface area contributed by atoms with E-state index in [1.807, 2.05) is 48.5 Å². The van der Waals surface area contributed by atoms with E-state index in [1.165, 1.54) is 7.11 Å². The normalized spacial score (nSPS) is 29.0. The lowest BCUT2D eigenvalue weighted by Crippen LogP contribution is -2.53. The molecule has 4 radical (unpaired) electrons. The molecule has 2 aliphatic heterocycles.